The number of benzene rings is 1. The van der Waals surface area contributed by atoms with Gasteiger partial charge < -0.3 is 5.11 Å². The number of rotatable bonds is 5. The summed E-state index contributed by atoms with van der Waals surface area (Å²) in [6.07, 6.45) is 2.40. The van der Waals surface area contributed by atoms with Crippen LogP contribution >= 0.6 is 0 Å². The quantitative estimate of drug-likeness (QED) is 0.727. The van der Waals surface area contributed by atoms with Crippen molar-refractivity contribution in [1.82, 2.24) is 0 Å². The monoisotopic (exact) mass is 202 g/mol. The van der Waals surface area contributed by atoms with E-state index in [1.54, 1.807) is 0 Å². The van der Waals surface area contributed by atoms with Gasteiger partial charge in [-0.2, -0.15) is 0 Å². The fourth-order valence-electron chi connectivity index (χ4n) is 1.48. The fourth-order valence-corrected chi connectivity index (χ4v) is 1.48. The lowest BCUT2D eigenvalue weighted by Crippen LogP contribution is -2.07. The molecule has 1 atom stereocenters. The molecule has 0 aromatic heterocycles. The Hall–Kier alpha value is -1.30. The summed E-state index contributed by atoms with van der Waals surface area (Å²) in [4.78, 5) is 0. The number of hydrogen-bond acceptors (Lipinski definition) is 1. The average molecular weight is 202 g/mol. The van der Waals surface area contributed by atoms with Crippen LogP contribution in [0.1, 0.15) is 25.3 Å². The minimum Gasteiger partial charge on any atom is -0.388 e. The normalized spacial score (nSPS) is 11.9. The summed E-state index contributed by atoms with van der Waals surface area (Å²) in [5, 5.41) is 9.66. The van der Waals surface area contributed by atoms with Gasteiger partial charge in [0.1, 0.15) is 0 Å². The molecular formula is C14H18O. The molecule has 0 aliphatic rings. The fraction of sp³-hybridized carbons (Fsp3) is 0.357. The Kier molecular flexibility index (Phi) is 4.89. The largest absolute Gasteiger partial charge is 0.388 e. The molecule has 1 rings (SSSR count). The van der Waals surface area contributed by atoms with E-state index >= 15 is 0 Å². The summed E-state index contributed by atoms with van der Waals surface area (Å²) < 4.78 is 0. The van der Waals surface area contributed by atoms with Crippen LogP contribution in [0.15, 0.2) is 48.2 Å². The van der Waals surface area contributed by atoms with E-state index in [0.717, 1.165) is 24.8 Å². The van der Waals surface area contributed by atoms with Gasteiger partial charge in [0.25, 0.3) is 0 Å². The molecule has 0 saturated carbocycles. The molecule has 80 valence electrons. The molecule has 1 unspecified atom stereocenters. The predicted octanol–water partition coefficient (Wildman–Crippen LogP) is 3.10. The smallest absolute Gasteiger partial charge is 0.0820 e. The highest BCUT2D eigenvalue weighted by molar-refractivity contribution is 5.14. The molecule has 1 aromatic rings. The van der Waals surface area contributed by atoms with Crippen molar-refractivity contribution in [3.63, 3.8) is 0 Å². The molecule has 0 amide bonds. The maximum absolute atomic E-state index is 9.66. The van der Waals surface area contributed by atoms with Crippen LogP contribution in [0.25, 0.3) is 0 Å². The molecule has 0 spiro atoms. The molecule has 1 heteroatoms. The van der Waals surface area contributed by atoms with Crippen LogP contribution < -0.4 is 0 Å². The summed E-state index contributed by atoms with van der Waals surface area (Å²) in [6.45, 7) is 5.39. The van der Waals surface area contributed by atoms with Gasteiger partial charge in [-0.1, -0.05) is 36.9 Å². The second-order valence-electron chi connectivity index (χ2n) is 3.75. The first-order valence-corrected chi connectivity index (χ1v) is 5.32. The highest BCUT2D eigenvalue weighted by Gasteiger charge is 2.04. The second kappa shape index (κ2) is 6.23. The number of aryl methyl sites for hydroxylation is 1. The van der Waals surface area contributed by atoms with E-state index in [1.807, 2.05) is 25.1 Å². The minimum absolute atomic E-state index is 0.383. The van der Waals surface area contributed by atoms with Crippen molar-refractivity contribution in [2.24, 2.45) is 0 Å². The third-order valence-corrected chi connectivity index (χ3v) is 2.56. The minimum atomic E-state index is -0.383. The van der Waals surface area contributed by atoms with Crippen LogP contribution in [0.5, 0.6) is 0 Å². The van der Waals surface area contributed by atoms with Crippen LogP contribution in [0.4, 0.5) is 0 Å². The zero-order valence-electron chi connectivity index (χ0n) is 9.24. The Labute approximate surface area is 91.8 Å². The van der Waals surface area contributed by atoms with E-state index in [4.69, 9.17) is 0 Å². The lowest BCUT2D eigenvalue weighted by Gasteiger charge is -2.08. The summed E-state index contributed by atoms with van der Waals surface area (Å²) in [5.41, 5.74) is 4.89. The van der Waals surface area contributed by atoms with Crippen molar-refractivity contribution >= 4 is 0 Å². The lowest BCUT2D eigenvalue weighted by molar-refractivity contribution is 0.198. The van der Waals surface area contributed by atoms with Gasteiger partial charge in [-0.25, -0.2) is 0 Å². The van der Waals surface area contributed by atoms with Gasteiger partial charge in [-0.05, 0) is 37.3 Å². The Bertz CT molecular complexity index is 334. The molecule has 0 aliphatic heterocycles. The first-order chi connectivity index (χ1) is 7.24. The molecule has 0 aliphatic carbocycles. The van der Waals surface area contributed by atoms with Crippen LogP contribution in [-0.4, -0.2) is 11.2 Å². The standard InChI is InChI=1S/C14H18O/c1-3-12(2)14(15)11-7-10-13-8-5-4-6-9-13/h4-6,8-9,14-15H,1,7,10-11H2,2H3. The maximum atomic E-state index is 9.66. The van der Waals surface area contributed by atoms with Gasteiger partial charge in [-0.3, -0.25) is 0 Å². The Balaban J connectivity index is 2.31. The summed E-state index contributed by atoms with van der Waals surface area (Å²) in [5.74, 6) is 0. The molecule has 1 aromatic carbocycles. The van der Waals surface area contributed by atoms with E-state index in [-0.39, 0.29) is 6.10 Å². The summed E-state index contributed by atoms with van der Waals surface area (Å²) in [6, 6.07) is 10.3. The molecule has 0 bridgehead atoms. The third-order valence-electron chi connectivity index (χ3n) is 2.56. The molecule has 1 nitrogen and oxygen atoms in total. The van der Waals surface area contributed by atoms with E-state index in [2.05, 4.69) is 24.4 Å². The van der Waals surface area contributed by atoms with E-state index < -0.39 is 0 Å². The first-order valence-electron chi connectivity index (χ1n) is 5.32. The average Bonchev–Trinajstić information content (AvgIpc) is 2.29. The Morgan fingerprint density at radius 3 is 2.67 bits per heavy atom. The van der Waals surface area contributed by atoms with E-state index in [1.165, 1.54) is 5.56 Å². The van der Waals surface area contributed by atoms with Crippen molar-refractivity contribution in [3.05, 3.63) is 53.8 Å². The maximum Gasteiger partial charge on any atom is 0.0820 e. The molecule has 0 saturated heterocycles. The van der Waals surface area contributed by atoms with Crippen molar-refractivity contribution < 1.29 is 5.11 Å². The molecule has 0 fully saturated rings. The van der Waals surface area contributed by atoms with Gasteiger partial charge in [0, 0.05) is 0 Å². The van der Waals surface area contributed by atoms with Crippen LogP contribution in [0, 0.1) is 0 Å². The van der Waals surface area contributed by atoms with Gasteiger partial charge in [0.2, 0.25) is 0 Å². The zero-order valence-corrected chi connectivity index (χ0v) is 9.24. The van der Waals surface area contributed by atoms with Crippen molar-refractivity contribution in [3.8, 4) is 0 Å². The Morgan fingerprint density at radius 2 is 2.07 bits per heavy atom. The molecule has 1 N–H and O–H groups in total. The molecule has 0 radical (unpaired) electrons. The zero-order chi connectivity index (χ0) is 11.1. The van der Waals surface area contributed by atoms with Gasteiger partial charge in [0.05, 0.1) is 6.10 Å². The SMILES string of the molecule is C=C=C(C)C(O)CCCc1ccccc1. The Morgan fingerprint density at radius 1 is 1.40 bits per heavy atom. The van der Waals surface area contributed by atoms with Crippen molar-refractivity contribution in [2.75, 3.05) is 0 Å². The first kappa shape index (κ1) is 11.8. The highest BCUT2D eigenvalue weighted by atomic mass is 16.3. The van der Waals surface area contributed by atoms with Gasteiger partial charge in [-0.15, -0.1) is 5.73 Å². The lowest BCUT2D eigenvalue weighted by atomic mass is 10.0. The topological polar surface area (TPSA) is 20.2 Å². The van der Waals surface area contributed by atoms with Crippen LogP contribution in [-0.2, 0) is 6.42 Å². The molecule has 15 heavy (non-hydrogen) atoms. The molecule has 0 heterocycles. The van der Waals surface area contributed by atoms with Crippen molar-refractivity contribution in [1.29, 1.82) is 0 Å². The van der Waals surface area contributed by atoms with Crippen molar-refractivity contribution in [2.45, 2.75) is 32.3 Å². The van der Waals surface area contributed by atoms with Gasteiger partial charge in [0.15, 0.2) is 0 Å². The number of hydrogen-bond donors (Lipinski definition) is 1. The summed E-state index contributed by atoms with van der Waals surface area (Å²) in [7, 11) is 0. The number of aliphatic hydroxyl groups excluding tert-OH is 1. The van der Waals surface area contributed by atoms with E-state index in [9.17, 15) is 5.11 Å². The summed E-state index contributed by atoms with van der Waals surface area (Å²) >= 11 is 0. The van der Waals surface area contributed by atoms with Crippen LogP contribution in [0.3, 0.4) is 0 Å². The van der Waals surface area contributed by atoms with E-state index in [0.29, 0.717) is 0 Å². The third kappa shape index (κ3) is 4.16. The van der Waals surface area contributed by atoms with Crippen LogP contribution in [0.2, 0.25) is 0 Å². The second-order valence-corrected chi connectivity index (χ2v) is 3.75. The number of aliphatic hydroxyl groups is 1. The predicted molar refractivity (Wildman–Crippen MR) is 63.7 cm³/mol. The molecular weight excluding hydrogens is 184 g/mol. The van der Waals surface area contributed by atoms with Gasteiger partial charge >= 0.3 is 0 Å². The highest BCUT2D eigenvalue weighted by Crippen LogP contribution is 2.10.